The molecule has 1 aromatic rings. The number of benzene rings is 1. The number of nitrogens with one attached hydrogen (secondary N) is 1. The van der Waals surface area contributed by atoms with Gasteiger partial charge in [-0.25, -0.2) is 0 Å². The summed E-state index contributed by atoms with van der Waals surface area (Å²) >= 11 is 0. The first-order valence-electron chi connectivity index (χ1n) is 8.08. The van der Waals surface area contributed by atoms with Gasteiger partial charge in [0.15, 0.2) is 0 Å². The second-order valence-electron chi connectivity index (χ2n) is 7.30. The maximum Gasteiger partial charge on any atom is 0.245 e. The molecule has 0 unspecified atom stereocenters. The van der Waals surface area contributed by atoms with Crippen LogP contribution in [-0.4, -0.2) is 42.2 Å². The van der Waals surface area contributed by atoms with Crippen molar-refractivity contribution in [1.29, 1.82) is 0 Å². The molecule has 0 spiro atoms. The maximum absolute atomic E-state index is 11.1. The molecule has 4 heteroatoms. The van der Waals surface area contributed by atoms with E-state index < -0.39 is 6.61 Å². The number of aliphatic hydroxyl groups is 1. The lowest BCUT2D eigenvalue weighted by atomic mass is 9.87. The normalized spacial score (nSPS) is 19.4. The zero-order chi connectivity index (χ0) is 16.2. The molecular weight excluding hydrogens is 276 g/mol. The SMILES string of the molecule is CC(C)(C)c1ccc(CN2CC[C@H](CNC(=O)CO)C2)cc1. The standard InChI is InChI=1S/C18H28N2O2/c1-18(2,3)16-6-4-14(5-7-16)11-20-9-8-15(12-20)10-19-17(22)13-21/h4-7,15,21H,8-13H2,1-3H3,(H,19,22)/t15-/m1/s1. The fourth-order valence-electron chi connectivity index (χ4n) is 2.91. The molecule has 122 valence electrons. The number of likely N-dealkylation sites (tertiary alicyclic amines) is 1. The molecule has 1 fully saturated rings. The Kier molecular flexibility index (Phi) is 5.59. The van der Waals surface area contributed by atoms with E-state index in [0.29, 0.717) is 12.5 Å². The highest BCUT2D eigenvalue weighted by Gasteiger charge is 2.23. The molecule has 1 heterocycles. The van der Waals surface area contributed by atoms with E-state index in [4.69, 9.17) is 5.11 Å². The van der Waals surface area contributed by atoms with Crippen LogP contribution in [0.5, 0.6) is 0 Å². The number of carbonyl (C=O) groups is 1. The van der Waals surface area contributed by atoms with Crippen molar-refractivity contribution in [1.82, 2.24) is 10.2 Å². The minimum absolute atomic E-state index is 0.197. The fourth-order valence-corrected chi connectivity index (χ4v) is 2.91. The summed E-state index contributed by atoms with van der Waals surface area (Å²) in [6.45, 7) is 9.98. The van der Waals surface area contributed by atoms with Gasteiger partial charge in [0, 0.05) is 19.6 Å². The smallest absolute Gasteiger partial charge is 0.245 e. The summed E-state index contributed by atoms with van der Waals surface area (Å²) < 4.78 is 0. The molecule has 2 rings (SSSR count). The van der Waals surface area contributed by atoms with Gasteiger partial charge in [-0.15, -0.1) is 0 Å². The van der Waals surface area contributed by atoms with Crippen molar-refractivity contribution in [2.45, 2.75) is 39.2 Å². The summed E-state index contributed by atoms with van der Waals surface area (Å²) in [5.41, 5.74) is 2.90. The molecule has 0 aliphatic carbocycles. The second-order valence-corrected chi connectivity index (χ2v) is 7.30. The van der Waals surface area contributed by atoms with Gasteiger partial charge >= 0.3 is 0 Å². The number of hydrogen-bond acceptors (Lipinski definition) is 3. The van der Waals surface area contributed by atoms with E-state index in [0.717, 1.165) is 26.1 Å². The zero-order valence-corrected chi connectivity index (χ0v) is 13.9. The Bertz CT molecular complexity index is 491. The number of rotatable bonds is 5. The number of carbonyl (C=O) groups excluding carboxylic acids is 1. The zero-order valence-electron chi connectivity index (χ0n) is 13.9. The molecule has 0 radical (unpaired) electrons. The van der Waals surface area contributed by atoms with Gasteiger partial charge in [0.1, 0.15) is 6.61 Å². The summed E-state index contributed by atoms with van der Waals surface area (Å²) in [5.74, 6) is 0.209. The van der Waals surface area contributed by atoms with Crippen molar-refractivity contribution < 1.29 is 9.90 Å². The second kappa shape index (κ2) is 7.25. The van der Waals surface area contributed by atoms with Gasteiger partial charge in [-0.05, 0) is 35.4 Å². The van der Waals surface area contributed by atoms with Crippen LogP contribution in [0.3, 0.4) is 0 Å². The van der Waals surface area contributed by atoms with Crippen LogP contribution in [0.1, 0.15) is 38.3 Å². The number of amides is 1. The van der Waals surface area contributed by atoms with Gasteiger partial charge in [0.25, 0.3) is 0 Å². The molecule has 0 saturated carbocycles. The van der Waals surface area contributed by atoms with E-state index >= 15 is 0 Å². The van der Waals surface area contributed by atoms with Crippen molar-refractivity contribution in [3.63, 3.8) is 0 Å². The van der Waals surface area contributed by atoms with E-state index in [1.54, 1.807) is 0 Å². The van der Waals surface area contributed by atoms with Crippen LogP contribution >= 0.6 is 0 Å². The lowest BCUT2D eigenvalue weighted by Crippen LogP contribution is -2.32. The number of nitrogens with zero attached hydrogens (tertiary/aromatic N) is 1. The molecule has 22 heavy (non-hydrogen) atoms. The van der Waals surface area contributed by atoms with Gasteiger partial charge in [0.05, 0.1) is 0 Å². The Morgan fingerprint density at radius 2 is 2.00 bits per heavy atom. The molecule has 1 aromatic carbocycles. The van der Waals surface area contributed by atoms with Crippen molar-refractivity contribution >= 4 is 5.91 Å². The van der Waals surface area contributed by atoms with Crippen molar-refractivity contribution in [3.8, 4) is 0 Å². The maximum atomic E-state index is 11.1. The lowest BCUT2D eigenvalue weighted by molar-refractivity contribution is -0.123. The summed E-state index contributed by atoms with van der Waals surface area (Å²) in [4.78, 5) is 13.5. The van der Waals surface area contributed by atoms with Crippen LogP contribution in [0.15, 0.2) is 24.3 Å². The predicted octanol–water partition coefficient (Wildman–Crippen LogP) is 1.91. The predicted molar refractivity (Wildman–Crippen MR) is 88.6 cm³/mol. The highest BCUT2D eigenvalue weighted by atomic mass is 16.3. The molecule has 2 N–H and O–H groups in total. The van der Waals surface area contributed by atoms with Gasteiger partial charge in [-0.1, -0.05) is 45.0 Å². The monoisotopic (exact) mass is 304 g/mol. The van der Waals surface area contributed by atoms with Crippen molar-refractivity contribution in [3.05, 3.63) is 35.4 Å². The number of aliphatic hydroxyl groups excluding tert-OH is 1. The molecule has 1 amide bonds. The summed E-state index contributed by atoms with van der Waals surface area (Å²) in [5, 5.41) is 11.5. The van der Waals surface area contributed by atoms with Gasteiger partial charge in [-0.2, -0.15) is 0 Å². The first kappa shape index (κ1) is 17.0. The van der Waals surface area contributed by atoms with Crippen LogP contribution < -0.4 is 5.32 Å². The Balaban J connectivity index is 1.81. The molecule has 4 nitrogen and oxygen atoms in total. The molecule has 0 aromatic heterocycles. The molecule has 1 atom stereocenters. The molecule has 1 aliphatic rings. The third-order valence-electron chi connectivity index (χ3n) is 4.33. The first-order valence-corrected chi connectivity index (χ1v) is 8.08. The van der Waals surface area contributed by atoms with E-state index in [2.05, 4.69) is 55.3 Å². The molecule has 0 bridgehead atoms. The molecule has 1 saturated heterocycles. The fraction of sp³-hybridized carbons (Fsp3) is 0.611. The summed E-state index contributed by atoms with van der Waals surface area (Å²) in [6, 6.07) is 8.90. The Morgan fingerprint density at radius 1 is 1.32 bits per heavy atom. The highest BCUT2D eigenvalue weighted by molar-refractivity contribution is 5.76. The van der Waals surface area contributed by atoms with E-state index in [9.17, 15) is 4.79 Å². The average molecular weight is 304 g/mol. The third kappa shape index (κ3) is 4.82. The van der Waals surface area contributed by atoms with E-state index in [-0.39, 0.29) is 11.3 Å². The van der Waals surface area contributed by atoms with Gasteiger partial charge < -0.3 is 10.4 Å². The Labute approximate surface area is 133 Å². The average Bonchev–Trinajstić information content (AvgIpc) is 2.92. The topological polar surface area (TPSA) is 52.6 Å². The van der Waals surface area contributed by atoms with Crippen LogP contribution in [0.25, 0.3) is 0 Å². The molecule has 1 aliphatic heterocycles. The van der Waals surface area contributed by atoms with Crippen LogP contribution in [-0.2, 0) is 16.8 Å². The van der Waals surface area contributed by atoms with Crippen molar-refractivity contribution in [2.24, 2.45) is 5.92 Å². The largest absolute Gasteiger partial charge is 0.387 e. The van der Waals surface area contributed by atoms with Crippen LogP contribution in [0.2, 0.25) is 0 Å². The van der Waals surface area contributed by atoms with E-state index in [1.807, 2.05) is 0 Å². The third-order valence-corrected chi connectivity index (χ3v) is 4.33. The van der Waals surface area contributed by atoms with Crippen LogP contribution in [0, 0.1) is 5.92 Å². The quantitative estimate of drug-likeness (QED) is 0.874. The van der Waals surface area contributed by atoms with Gasteiger partial charge in [-0.3, -0.25) is 9.69 Å². The van der Waals surface area contributed by atoms with Crippen LogP contribution in [0.4, 0.5) is 0 Å². The Hall–Kier alpha value is -1.39. The van der Waals surface area contributed by atoms with Crippen molar-refractivity contribution in [2.75, 3.05) is 26.2 Å². The summed E-state index contributed by atoms with van der Waals surface area (Å²) in [7, 11) is 0. The van der Waals surface area contributed by atoms with E-state index in [1.165, 1.54) is 11.1 Å². The first-order chi connectivity index (χ1) is 10.4. The number of hydrogen-bond donors (Lipinski definition) is 2. The molecular formula is C18H28N2O2. The highest BCUT2D eigenvalue weighted by Crippen LogP contribution is 2.23. The minimum Gasteiger partial charge on any atom is -0.387 e. The minimum atomic E-state index is -0.420. The summed E-state index contributed by atoms with van der Waals surface area (Å²) in [6.07, 6.45) is 1.10. The lowest BCUT2D eigenvalue weighted by Gasteiger charge is -2.20. The Morgan fingerprint density at radius 3 is 2.59 bits per heavy atom. The van der Waals surface area contributed by atoms with Gasteiger partial charge in [0.2, 0.25) is 5.91 Å².